The zero-order valence-corrected chi connectivity index (χ0v) is 15.1. The van der Waals surface area contributed by atoms with Crippen molar-refractivity contribution in [1.82, 2.24) is 14.3 Å². The molecule has 1 aliphatic heterocycles. The topological polar surface area (TPSA) is 127 Å². The summed E-state index contributed by atoms with van der Waals surface area (Å²) in [4.78, 5) is 52.4. The Kier molecular flexibility index (Phi) is 4.51. The fraction of sp³-hybridized carbons (Fsp3) is 0.158. The minimum Gasteiger partial charge on any atom is -0.296 e. The van der Waals surface area contributed by atoms with Crippen molar-refractivity contribution in [2.75, 3.05) is 11.9 Å². The molecule has 3 heterocycles. The molecule has 0 bridgehead atoms. The number of nitrogens with zero attached hydrogens (tertiary/aromatic N) is 4. The lowest BCUT2D eigenvalue weighted by Crippen LogP contribution is -2.31. The first-order valence-electron chi connectivity index (χ1n) is 8.82. The number of carbonyl (C=O) groups is 3. The van der Waals surface area contributed by atoms with Gasteiger partial charge in [0.05, 0.1) is 27.8 Å². The quantitative estimate of drug-likeness (QED) is 0.389. The van der Waals surface area contributed by atoms with Gasteiger partial charge >= 0.3 is 0 Å². The van der Waals surface area contributed by atoms with Gasteiger partial charge in [-0.25, -0.2) is 4.98 Å². The maximum atomic E-state index is 12.4. The molecule has 29 heavy (non-hydrogen) atoms. The van der Waals surface area contributed by atoms with Gasteiger partial charge in [-0.3, -0.25) is 39.1 Å². The lowest BCUT2D eigenvalue weighted by atomic mass is 10.1. The van der Waals surface area contributed by atoms with Gasteiger partial charge in [0.2, 0.25) is 11.9 Å². The van der Waals surface area contributed by atoms with E-state index in [-0.39, 0.29) is 42.1 Å². The van der Waals surface area contributed by atoms with Crippen LogP contribution < -0.4 is 5.32 Å². The zero-order valence-electron chi connectivity index (χ0n) is 15.1. The Hall–Kier alpha value is -4.08. The smallest absolute Gasteiger partial charge is 0.270 e. The molecule has 0 atom stereocenters. The van der Waals surface area contributed by atoms with Gasteiger partial charge in [0.25, 0.3) is 17.5 Å². The molecule has 2 aromatic heterocycles. The van der Waals surface area contributed by atoms with E-state index in [4.69, 9.17) is 0 Å². The summed E-state index contributed by atoms with van der Waals surface area (Å²) in [6.45, 7) is 0.0376. The molecule has 146 valence electrons. The summed E-state index contributed by atoms with van der Waals surface area (Å²) in [6.07, 6.45) is 3.74. The largest absolute Gasteiger partial charge is 0.296 e. The summed E-state index contributed by atoms with van der Waals surface area (Å²) in [7, 11) is 0. The number of nitro benzene ring substituents is 1. The van der Waals surface area contributed by atoms with Crippen LogP contribution in [0.25, 0.3) is 5.52 Å². The van der Waals surface area contributed by atoms with Crippen LogP contribution in [0.1, 0.15) is 33.6 Å². The maximum Gasteiger partial charge on any atom is 0.270 e. The summed E-state index contributed by atoms with van der Waals surface area (Å²) in [5, 5.41) is 13.6. The third-order valence-electron chi connectivity index (χ3n) is 4.64. The van der Waals surface area contributed by atoms with E-state index < -0.39 is 16.7 Å². The molecule has 3 amide bonds. The van der Waals surface area contributed by atoms with Crippen molar-refractivity contribution in [3.05, 3.63) is 70.0 Å². The van der Waals surface area contributed by atoms with Crippen molar-refractivity contribution in [3.8, 4) is 0 Å². The van der Waals surface area contributed by atoms with Crippen molar-refractivity contribution in [2.45, 2.75) is 12.8 Å². The second-order valence-corrected chi connectivity index (χ2v) is 6.48. The average Bonchev–Trinajstić information content (AvgIpc) is 3.22. The number of benzene rings is 1. The number of hydrogen-bond acceptors (Lipinski definition) is 6. The monoisotopic (exact) mass is 393 g/mol. The molecule has 0 spiro atoms. The predicted molar refractivity (Wildman–Crippen MR) is 102 cm³/mol. The van der Waals surface area contributed by atoms with Crippen LogP contribution in [0.2, 0.25) is 0 Å². The van der Waals surface area contributed by atoms with Gasteiger partial charge in [-0.2, -0.15) is 0 Å². The highest BCUT2D eigenvalue weighted by molar-refractivity contribution is 6.21. The van der Waals surface area contributed by atoms with E-state index >= 15 is 0 Å². The number of carbonyl (C=O) groups excluding carboxylic acids is 3. The molecule has 0 saturated carbocycles. The van der Waals surface area contributed by atoms with Crippen LogP contribution in [0.3, 0.4) is 0 Å². The summed E-state index contributed by atoms with van der Waals surface area (Å²) in [5.74, 6) is -1.01. The highest BCUT2D eigenvalue weighted by Gasteiger charge is 2.36. The summed E-state index contributed by atoms with van der Waals surface area (Å²) < 4.78 is 1.73. The minimum atomic E-state index is -0.621. The highest BCUT2D eigenvalue weighted by atomic mass is 16.6. The van der Waals surface area contributed by atoms with Gasteiger partial charge in [-0.15, -0.1) is 0 Å². The number of aromatic nitrogens is 2. The molecule has 0 unspecified atom stereocenters. The van der Waals surface area contributed by atoms with Crippen LogP contribution in [0, 0.1) is 10.1 Å². The first-order chi connectivity index (χ1) is 14.0. The van der Waals surface area contributed by atoms with Crippen molar-refractivity contribution in [2.24, 2.45) is 0 Å². The Labute approximate surface area is 163 Å². The van der Waals surface area contributed by atoms with E-state index in [2.05, 4.69) is 10.3 Å². The number of amides is 3. The fourth-order valence-electron chi connectivity index (χ4n) is 3.22. The molecule has 10 heteroatoms. The van der Waals surface area contributed by atoms with Crippen LogP contribution in [0.15, 0.2) is 48.8 Å². The molecular formula is C19H15N5O5. The number of pyridine rings is 1. The molecular weight excluding hydrogens is 378 g/mol. The predicted octanol–water partition coefficient (Wildman–Crippen LogP) is 2.26. The zero-order chi connectivity index (χ0) is 20.5. The first-order valence-corrected chi connectivity index (χ1v) is 8.82. The Morgan fingerprint density at radius 1 is 1.14 bits per heavy atom. The summed E-state index contributed by atoms with van der Waals surface area (Å²) in [6, 6.07) is 9.11. The standard InChI is InChI=1S/C19H15N5O5/c25-16(21-19-20-11-13-4-1-2-8-22(13)19)5-3-9-23-17(26)14-7-6-12(24(28)29)10-15(14)18(23)27/h1-2,4,6-8,10-11H,3,5,9H2,(H,20,21,25). The number of non-ortho nitro benzene ring substituents is 1. The average molecular weight is 393 g/mol. The molecule has 0 fully saturated rings. The summed E-state index contributed by atoms with van der Waals surface area (Å²) >= 11 is 0. The van der Waals surface area contributed by atoms with E-state index in [1.54, 1.807) is 16.8 Å². The van der Waals surface area contributed by atoms with Crippen molar-refractivity contribution >= 4 is 34.9 Å². The van der Waals surface area contributed by atoms with Crippen LogP contribution in [0.4, 0.5) is 11.6 Å². The second kappa shape index (κ2) is 7.15. The third-order valence-corrected chi connectivity index (χ3v) is 4.64. The van der Waals surface area contributed by atoms with Gasteiger partial charge in [0, 0.05) is 31.3 Å². The number of anilines is 1. The highest BCUT2D eigenvalue weighted by Crippen LogP contribution is 2.27. The van der Waals surface area contributed by atoms with E-state index in [1.807, 2.05) is 18.2 Å². The Morgan fingerprint density at radius 3 is 2.72 bits per heavy atom. The minimum absolute atomic E-state index is 0.0116. The van der Waals surface area contributed by atoms with E-state index in [1.165, 1.54) is 12.1 Å². The van der Waals surface area contributed by atoms with Crippen LogP contribution in [0.5, 0.6) is 0 Å². The molecule has 1 aliphatic rings. The number of imidazole rings is 1. The summed E-state index contributed by atoms with van der Waals surface area (Å²) in [5.41, 5.74) is 0.729. The number of rotatable bonds is 6. The number of imide groups is 1. The molecule has 1 aromatic carbocycles. The van der Waals surface area contributed by atoms with Gasteiger partial charge < -0.3 is 0 Å². The van der Waals surface area contributed by atoms with Crippen molar-refractivity contribution in [3.63, 3.8) is 0 Å². The van der Waals surface area contributed by atoms with Gasteiger partial charge in [0.15, 0.2) is 0 Å². The number of hydrogen-bond donors (Lipinski definition) is 1. The second-order valence-electron chi connectivity index (χ2n) is 6.48. The molecule has 0 radical (unpaired) electrons. The van der Waals surface area contributed by atoms with Gasteiger partial charge in [0.1, 0.15) is 0 Å². The molecule has 0 saturated heterocycles. The third kappa shape index (κ3) is 3.31. The van der Waals surface area contributed by atoms with Crippen LogP contribution >= 0.6 is 0 Å². The Bertz CT molecular complexity index is 1170. The Morgan fingerprint density at radius 2 is 1.93 bits per heavy atom. The normalized spacial score (nSPS) is 13.0. The van der Waals surface area contributed by atoms with Gasteiger partial charge in [-0.05, 0) is 24.6 Å². The van der Waals surface area contributed by atoms with Crippen LogP contribution in [-0.2, 0) is 4.79 Å². The van der Waals surface area contributed by atoms with Gasteiger partial charge in [-0.1, -0.05) is 6.07 Å². The number of fused-ring (bicyclic) bond motifs is 2. The molecule has 4 rings (SSSR count). The fourth-order valence-corrected chi connectivity index (χ4v) is 3.22. The Balaban J connectivity index is 1.37. The molecule has 10 nitrogen and oxygen atoms in total. The van der Waals surface area contributed by atoms with E-state index in [9.17, 15) is 24.5 Å². The first kappa shape index (κ1) is 18.3. The number of nitro groups is 1. The maximum absolute atomic E-state index is 12.4. The van der Waals surface area contributed by atoms with E-state index in [0.29, 0.717) is 5.95 Å². The van der Waals surface area contributed by atoms with Crippen molar-refractivity contribution < 1.29 is 19.3 Å². The lowest BCUT2D eigenvalue weighted by molar-refractivity contribution is -0.384. The molecule has 1 N–H and O–H groups in total. The van der Waals surface area contributed by atoms with E-state index in [0.717, 1.165) is 16.5 Å². The van der Waals surface area contributed by atoms with Crippen molar-refractivity contribution in [1.29, 1.82) is 0 Å². The molecule has 0 aliphatic carbocycles. The van der Waals surface area contributed by atoms with Crippen LogP contribution in [-0.4, -0.2) is 43.5 Å². The molecule has 3 aromatic rings. The SMILES string of the molecule is O=C(CCCN1C(=O)c2ccc([N+](=O)[O-])cc2C1=O)Nc1ncc2ccccn12. The lowest BCUT2D eigenvalue weighted by Gasteiger charge is -2.13. The number of nitrogens with one attached hydrogen (secondary N) is 1.